The van der Waals surface area contributed by atoms with E-state index in [9.17, 15) is 22.5 Å². The Kier molecular flexibility index (Phi) is 9.20. The molecule has 4 N–H and O–H groups in total. The summed E-state index contributed by atoms with van der Waals surface area (Å²) in [7, 11) is -1.93. The number of nitrogens with one attached hydrogen (secondary N) is 2. The van der Waals surface area contributed by atoms with Gasteiger partial charge in [0.15, 0.2) is 12.0 Å². The van der Waals surface area contributed by atoms with Crippen LogP contribution in [0.1, 0.15) is 12.8 Å². The number of piperidine rings is 1. The molecule has 3 aliphatic heterocycles. The molecule has 1 amide bonds. The van der Waals surface area contributed by atoms with Gasteiger partial charge in [-0.05, 0) is 19.9 Å². The van der Waals surface area contributed by atoms with Gasteiger partial charge < -0.3 is 20.7 Å². The van der Waals surface area contributed by atoms with Crippen molar-refractivity contribution in [3.8, 4) is 0 Å². The molecule has 13 nitrogen and oxygen atoms in total. The Morgan fingerprint density at radius 3 is 2.58 bits per heavy atom. The van der Waals surface area contributed by atoms with Crippen LogP contribution in [0.3, 0.4) is 0 Å². The highest BCUT2D eigenvalue weighted by atomic mass is 32.2. The predicted molar refractivity (Wildman–Crippen MR) is 136 cm³/mol. The van der Waals surface area contributed by atoms with Crippen LogP contribution in [-0.4, -0.2) is 112 Å². The highest BCUT2D eigenvalue weighted by molar-refractivity contribution is 7.89. The molecule has 212 valence electrons. The Morgan fingerprint density at radius 2 is 1.95 bits per heavy atom. The van der Waals surface area contributed by atoms with Crippen molar-refractivity contribution >= 4 is 27.3 Å². The number of carbonyl (C=O) groups is 1. The van der Waals surface area contributed by atoms with Crippen LogP contribution >= 0.6 is 0 Å². The van der Waals surface area contributed by atoms with Crippen LogP contribution in [0.5, 0.6) is 0 Å². The highest BCUT2D eigenvalue weighted by Gasteiger charge is 2.41. The molecule has 4 atom stereocenters. The molecule has 0 saturated carbocycles. The summed E-state index contributed by atoms with van der Waals surface area (Å²) in [5, 5.41) is 7.72. The van der Waals surface area contributed by atoms with Crippen LogP contribution in [0.25, 0.3) is 0 Å². The summed E-state index contributed by atoms with van der Waals surface area (Å²) in [6.07, 6.45) is -0.543. The number of halogens is 2. The van der Waals surface area contributed by atoms with Crippen molar-refractivity contribution in [2.75, 3.05) is 69.7 Å². The molecule has 38 heavy (non-hydrogen) atoms. The number of morpholine rings is 1. The lowest BCUT2D eigenvalue weighted by Crippen LogP contribution is -2.62. The van der Waals surface area contributed by atoms with Crippen molar-refractivity contribution in [2.24, 2.45) is 16.8 Å². The van der Waals surface area contributed by atoms with Crippen LogP contribution in [0.4, 0.5) is 20.2 Å². The van der Waals surface area contributed by atoms with E-state index in [0.717, 1.165) is 6.20 Å². The number of pyridine rings is 1. The van der Waals surface area contributed by atoms with E-state index in [1.54, 1.807) is 11.9 Å². The van der Waals surface area contributed by atoms with Crippen LogP contribution in [0, 0.1) is 16.6 Å². The molecule has 3 saturated heterocycles. The second kappa shape index (κ2) is 12.2. The number of aromatic nitrogens is 1. The highest BCUT2D eigenvalue weighted by Crippen LogP contribution is 2.33. The summed E-state index contributed by atoms with van der Waals surface area (Å²) in [4.78, 5) is 31.7. The van der Waals surface area contributed by atoms with Gasteiger partial charge in [0.2, 0.25) is 15.9 Å². The van der Waals surface area contributed by atoms with E-state index in [0.29, 0.717) is 26.3 Å². The minimum atomic E-state index is -3.52. The number of hydrogen-bond donors (Lipinski definition) is 3. The molecular weight excluding hydrogens is 526 g/mol. The van der Waals surface area contributed by atoms with Crippen molar-refractivity contribution in [1.29, 1.82) is 0 Å². The first kappa shape index (κ1) is 28.6. The molecule has 1 aromatic heterocycles. The Morgan fingerprint density at radius 1 is 1.26 bits per heavy atom. The second-order valence-corrected chi connectivity index (χ2v) is 12.0. The van der Waals surface area contributed by atoms with E-state index in [1.807, 2.05) is 0 Å². The number of nitrogens with zero attached hydrogens (tertiary/aromatic N) is 5. The predicted octanol–water partition coefficient (Wildman–Crippen LogP) is -0.343. The zero-order chi connectivity index (χ0) is 27.4. The number of nitroso groups, excluding NO2 is 1. The fraction of sp³-hybridized carbons (Fsp3) is 0.727. The van der Waals surface area contributed by atoms with E-state index in [4.69, 9.17) is 10.5 Å². The number of ether oxygens (including phenoxy) is 1. The Balaban J connectivity index is 1.49. The van der Waals surface area contributed by atoms with Crippen molar-refractivity contribution in [2.45, 2.75) is 36.6 Å². The molecule has 4 rings (SSSR count). The van der Waals surface area contributed by atoms with Gasteiger partial charge in [-0.15, -0.1) is 4.91 Å². The summed E-state index contributed by atoms with van der Waals surface area (Å²) in [5.74, 6) is -2.61. The maximum atomic E-state index is 15.0. The number of sulfonamides is 1. The van der Waals surface area contributed by atoms with E-state index in [-0.39, 0.29) is 50.4 Å². The van der Waals surface area contributed by atoms with Gasteiger partial charge in [-0.2, -0.15) is 4.31 Å². The number of hydrogen-bond acceptors (Lipinski definition) is 11. The van der Waals surface area contributed by atoms with Crippen LogP contribution in [-0.2, 0) is 19.6 Å². The molecule has 0 aliphatic carbocycles. The summed E-state index contributed by atoms with van der Waals surface area (Å²) < 4.78 is 61.6. The SMILES string of the molecule is CN1CC(F)CNC1C(C(=O)Nc1cncc(F)c1N1CCC(S(=O)(=O)N2CCOCC2)CC1)C(N)N=O. The van der Waals surface area contributed by atoms with Gasteiger partial charge in [-0.25, -0.2) is 17.2 Å². The first-order valence-electron chi connectivity index (χ1n) is 12.5. The second-order valence-electron chi connectivity index (χ2n) is 9.76. The fourth-order valence-corrected chi connectivity index (χ4v) is 7.18. The van der Waals surface area contributed by atoms with E-state index < -0.39 is 51.4 Å². The standard InChI is InChI=1S/C22H34F2N8O5S/c1-30-13-14(23)10-27-21(30)18(20(25)29-34)22(33)28-17-12-26-11-16(24)19(17)31-4-2-15(3-5-31)38(35,36)32-6-8-37-9-7-32/h11-12,14-15,18,20-21,27H,2-10,13,25H2,1H3,(H,28,33). The van der Waals surface area contributed by atoms with Gasteiger partial charge in [0.05, 0.1) is 42.7 Å². The monoisotopic (exact) mass is 560 g/mol. The average molecular weight is 561 g/mol. The summed E-state index contributed by atoms with van der Waals surface area (Å²) in [6.45, 7) is 1.81. The molecule has 0 bridgehead atoms. The molecule has 4 heterocycles. The van der Waals surface area contributed by atoms with Crippen molar-refractivity contribution < 1.29 is 26.7 Å². The lowest BCUT2D eigenvalue weighted by Gasteiger charge is -2.40. The first-order chi connectivity index (χ1) is 18.1. The molecule has 3 aliphatic rings. The van der Waals surface area contributed by atoms with Crippen LogP contribution < -0.4 is 21.3 Å². The van der Waals surface area contributed by atoms with Crippen molar-refractivity contribution in [1.82, 2.24) is 19.5 Å². The number of alkyl halides is 1. The molecule has 3 fully saturated rings. The lowest BCUT2D eigenvalue weighted by atomic mass is 9.98. The summed E-state index contributed by atoms with van der Waals surface area (Å²) in [5.41, 5.74) is 5.97. The zero-order valence-electron chi connectivity index (χ0n) is 21.1. The van der Waals surface area contributed by atoms with Gasteiger partial charge in [0.25, 0.3) is 0 Å². The normalized spacial score (nSPS) is 26.1. The molecular formula is C22H34F2N8O5S. The third kappa shape index (κ3) is 6.10. The van der Waals surface area contributed by atoms with Crippen molar-refractivity contribution in [3.63, 3.8) is 0 Å². The number of anilines is 2. The number of amides is 1. The minimum absolute atomic E-state index is 0.0283. The molecule has 16 heteroatoms. The maximum absolute atomic E-state index is 15.0. The summed E-state index contributed by atoms with van der Waals surface area (Å²) in [6, 6.07) is 0. The smallest absolute Gasteiger partial charge is 0.234 e. The van der Waals surface area contributed by atoms with Gasteiger partial charge in [0.1, 0.15) is 17.8 Å². The van der Waals surface area contributed by atoms with Gasteiger partial charge in [0, 0.05) is 39.3 Å². The maximum Gasteiger partial charge on any atom is 0.234 e. The van der Waals surface area contributed by atoms with Gasteiger partial charge >= 0.3 is 0 Å². The Labute approximate surface area is 220 Å². The quantitative estimate of drug-likeness (QED) is 0.359. The third-order valence-electron chi connectivity index (χ3n) is 7.28. The first-order valence-corrected chi connectivity index (χ1v) is 14.1. The Bertz CT molecular complexity index is 1100. The van der Waals surface area contributed by atoms with Crippen molar-refractivity contribution in [3.05, 3.63) is 23.1 Å². The zero-order valence-corrected chi connectivity index (χ0v) is 21.9. The van der Waals surface area contributed by atoms with Crippen LogP contribution in [0.2, 0.25) is 0 Å². The minimum Gasteiger partial charge on any atom is -0.379 e. The third-order valence-corrected chi connectivity index (χ3v) is 9.68. The largest absolute Gasteiger partial charge is 0.379 e. The fourth-order valence-electron chi connectivity index (χ4n) is 5.29. The number of carbonyl (C=O) groups excluding carboxylic acids is 1. The van der Waals surface area contributed by atoms with E-state index in [2.05, 4.69) is 20.8 Å². The number of nitrogens with two attached hydrogens (primary N) is 1. The Hall–Kier alpha value is -2.37. The topological polar surface area (TPSA) is 163 Å². The van der Waals surface area contributed by atoms with Gasteiger partial charge in [-0.1, -0.05) is 5.18 Å². The van der Waals surface area contributed by atoms with Crippen LogP contribution in [0.15, 0.2) is 17.6 Å². The number of rotatable bonds is 8. The summed E-state index contributed by atoms with van der Waals surface area (Å²) >= 11 is 0. The molecule has 1 aromatic rings. The molecule has 4 unspecified atom stereocenters. The van der Waals surface area contributed by atoms with E-state index >= 15 is 4.39 Å². The molecule has 0 aromatic carbocycles. The van der Waals surface area contributed by atoms with Gasteiger partial charge in [-0.3, -0.25) is 20.0 Å². The van der Waals surface area contributed by atoms with E-state index in [1.165, 1.54) is 15.4 Å². The lowest BCUT2D eigenvalue weighted by molar-refractivity contribution is -0.124. The average Bonchev–Trinajstić information content (AvgIpc) is 2.90. The molecule has 0 spiro atoms. The molecule has 0 radical (unpaired) electrons.